The molecule has 3 heterocycles. The molecule has 2 saturated heterocycles. The van der Waals surface area contributed by atoms with E-state index in [1.165, 1.54) is 0 Å². The van der Waals surface area contributed by atoms with Gasteiger partial charge in [0.15, 0.2) is 0 Å². The first-order valence-corrected chi connectivity index (χ1v) is 7.94. The minimum Gasteiger partial charge on any atom is -0.378 e. The molecule has 0 amide bonds. The van der Waals surface area contributed by atoms with Crippen LogP contribution in [0.4, 0.5) is 0 Å². The first-order valence-electron chi connectivity index (χ1n) is 7.94. The highest BCUT2D eigenvalue weighted by Crippen LogP contribution is 2.12. The van der Waals surface area contributed by atoms with E-state index in [2.05, 4.69) is 9.97 Å². The van der Waals surface area contributed by atoms with Gasteiger partial charge in [0.25, 0.3) is 0 Å². The fraction of sp³-hybridized carbons (Fsp3) is 0.750. The second-order valence-corrected chi connectivity index (χ2v) is 5.85. The highest BCUT2D eigenvalue weighted by atomic mass is 16.6. The maximum atomic E-state index is 5.57. The van der Waals surface area contributed by atoms with Gasteiger partial charge in [-0.25, -0.2) is 0 Å². The Balaban J connectivity index is 1.43. The summed E-state index contributed by atoms with van der Waals surface area (Å²) < 4.78 is 21.4. The largest absolute Gasteiger partial charge is 0.378 e. The quantitative estimate of drug-likeness (QED) is 0.474. The van der Waals surface area contributed by atoms with E-state index in [4.69, 9.17) is 18.9 Å². The first kappa shape index (κ1) is 15.8. The number of epoxide rings is 2. The summed E-state index contributed by atoms with van der Waals surface area (Å²) in [5.41, 5.74) is 4.00. The van der Waals surface area contributed by atoms with E-state index < -0.39 is 0 Å². The van der Waals surface area contributed by atoms with E-state index in [-0.39, 0.29) is 0 Å². The summed E-state index contributed by atoms with van der Waals surface area (Å²) in [4.78, 5) is 9.35. The van der Waals surface area contributed by atoms with Crippen molar-refractivity contribution in [2.45, 2.75) is 38.9 Å². The highest BCUT2D eigenvalue weighted by molar-refractivity contribution is 5.19. The van der Waals surface area contributed by atoms with Gasteiger partial charge in [0, 0.05) is 12.8 Å². The van der Waals surface area contributed by atoms with Crippen LogP contribution in [0.25, 0.3) is 0 Å². The Hall–Kier alpha value is -1.08. The van der Waals surface area contributed by atoms with Crippen LogP contribution in [0.5, 0.6) is 0 Å². The molecule has 2 aliphatic rings. The zero-order chi connectivity index (χ0) is 15.4. The van der Waals surface area contributed by atoms with Crippen molar-refractivity contribution >= 4 is 0 Å². The molecule has 22 heavy (non-hydrogen) atoms. The number of aromatic nitrogens is 2. The molecule has 2 unspecified atom stereocenters. The monoisotopic (exact) mass is 308 g/mol. The summed E-state index contributed by atoms with van der Waals surface area (Å²) >= 11 is 0. The van der Waals surface area contributed by atoms with Crippen molar-refractivity contribution in [1.29, 1.82) is 0 Å². The minimum absolute atomic E-state index is 0.317. The number of rotatable bonds is 10. The average molecular weight is 308 g/mol. The predicted molar refractivity (Wildman–Crippen MR) is 80.0 cm³/mol. The molecule has 2 fully saturated rings. The average Bonchev–Trinajstić information content (AvgIpc) is 3.38. The lowest BCUT2D eigenvalue weighted by Gasteiger charge is -2.10. The molecular weight excluding hydrogens is 284 g/mol. The van der Waals surface area contributed by atoms with Crippen molar-refractivity contribution in [1.82, 2.24) is 9.97 Å². The molecule has 122 valence electrons. The van der Waals surface area contributed by atoms with E-state index in [1.807, 2.05) is 13.8 Å². The summed E-state index contributed by atoms with van der Waals surface area (Å²) in [7, 11) is 0. The highest BCUT2D eigenvalue weighted by Gasteiger charge is 2.23. The van der Waals surface area contributed by atoms with Crippen LogP contribution in [0.3, 0.4) is 0 Å². The summed E-state index contributed by atoms with van der Waals surface area (Å²) in [5, 5.41) is 0. The van der Waals surface area contributed by atoms with Gasteiger partial charge in [-0.3, -0.25) is 9.97 Å². The lowest BCUT2D eigenvalue weighted by atomic mass is 10.2. The molecule has 0 bridgehead atoms. The number of aryl methyl sites for hydroxylation is 2. The van der Waals surface area contributed by atoms with Crippen molar-refractivity contribution < 1.29 is 18.9 Å². The Morgan fingerprint density at radius 2 is 1.27 bits per heavy atom. The fourth-order valence-corrected chi connectivity index (χ4v) is 2.27. The molecule has 0 radical (unpaired) electrons. The zero-order valence-corrected chi connectivity index (χ0v) is 13.3. The lowest BCUT2D eigenvalue weighted by Crippen LogP contribution is -2.12. The van der Waals surface area contributed by atoms with Crippen LogP contribution in [-0.2, 0) is 31.8 Å². The first-order chi connectivity index (χ1) is 10.7. The Bertz CT molecular complexity index is 455. The van der Waals surface area contributed by atoms with Crippen LogP contribution in [-0.4, -0.2) is 61.8 Å². The van der Waals surface area contributed by atoms with Gasteiger partial charge in [0.1, 0.15) is 12.2 Å². The minimum atomic E-state index is 0.317. The van der Waals surface area contributed by atoms with Crippen LogP contribution in [0.15, 0.2) is 0 Å². The Labute approximate surface area is 131 Å². The van der Waals surface area contributed by atoms with Crippen molar-refractivity contribution in [2.75, 3.05) is 39.6 Å². The standard InChI is InChI=1S/C16H24N2O4/c1-11-15(3-5-19-7-13-9-21-13)18-12(2)16(17-11)4-6-20-8-14-10-22-14/h13-14H,3-10H2,1-2H3. The zero-order valence-electron chi connectivity index (χ0n) is 13.3. The molecule has 6 nitrogen and oxygen atoms in total. The van der Waals surface area contributed by atoms with Gasteiger partial charge in [-0.05, 0) is 13.8 Å². The molecule has 2 atom stereocenters. The van der Waals surface area contributed by atoms with E-state index in [9.17, 15) is 0 Å². The number of hydrogen-bond acceptors (Lipinski definition) is 6. The second kappa shape index (κ2) is 7.46. The third kappa shape index (κ3) is 4.98. The van der Waals surface area contributed by atoms with Crippen LogP contribution < -0.4 is 0 Å². The SMILES string of the molecule is Cc1nc(CCOCC2CO2)c(C)nc1CCOCC1CO1. The number of hydrogen-bond donors (Lipinski definition) is 0. The van der Waals surface area contributed by atoms with Crippen molar-refractivity contribution in [3.05, 3.63) is 22.8 Å². The van der Waals surface area contributed by atoms with Gasteiger partial charge in [-0.15, -0.1) is 0 Å². The molecule has 0 aromatic carbocycles. The number of ether oxygens (including phenoxy) is 4. The third-order valence-corrected chi connectivity index (χ3v) is 3.82. The molecule has 1 aromatic rings. The van der Waals surface area contributed by atoms with Crippen molar-refractivity contribution in [3.63, 3.8) is 0 Å². The molecule has 0 spiro atoms. The molecular formula is C16H24N2O4. The number of nitrogens with zero attached hydrogens (tertiary/aromatic N) is 2. The van der Waals surface area contributed by atoms with Crippen LogP contribution >= 0.6 is 0 Å². The van der Waals surface area contributed by atoms with E-state index >= 15 is 0 Å². The molecule has 6 heteroatoms. The van der Waals surface area contributed by atoms with Crippen molar-refractivity contribution in [2.24, 2.45) is 0 Å². The smallest absolute Gasteiger partial charge is 0.104 e. The molecule has 0 N–H and O–H groups in total. The normalized spacial score (nSPS) is 22.8. The Kier molecular flexibility index (Phi) is 5.36. The van der Waals surface area contributed by atoms with Crippen LogP contribution in [0.2, 0.25) is 0 Å². The summed E-state index contributed by atoms with van der Waals surface area (Å²) in [6.45, 7) is 8.39. The molecule has 3 rings (SSSR count). The van der Waals surface area contributed by atoms with E-state index in [0.717, 1.165) is 48.8 Å². The Morgan fingerprint density at radius 1 is 0.864 bits per heavy atom. The molecule has 0 saturated carbocycles. The van der Waals surface area contributed by atoms with E-state index in [1.54, 1.807) is 0 Å². The lowest BCUT2D eigenvalue weighted by molar-refractivity contribution is 0.117. The third-order valence-electron chi connectivity index (χ3n) is 3.82. The van der Waals surface area contributed by atoms with Gasteiger partial charge in [0.05, 0.1) is 62.4 Å². The molecule has 0 aliphatic carbocycles. The van der Waals surface area contributed by atoms with Gasteiger partial charge < -0.3 is 18.9 Å². The molecule has 1 aromatic heterocycles. The van der Waals surface area contributed by atoms with Crippen molar-refractivity contribution in [3.8, 4) is 0 Å². The predicted octanol–water partition coefficient (Wildman–Crippen LogP) is 1.01. The van der Waals surface area contributed by atoms with Gasteiger partial charge in [0.2, 0.25) is 0 Å². The topological polar surface area (TPSA) is 69.3 Å². The maximum Gasteiger partial charge on any atom is 0.104 e. The Morgan fingerprint density at radius 3 is 1.64 bits per heavy atom. The summed E-state index contributed by atoms with van der Waals surface area (Å²) in [6.07, 6.45) is 2.22. The van der Waals surface area contributed by atoms with Crippen LogP contribution in [0.1, 0.15) is 22.8 Å². The molecule has 2 aliphatic heterocycles. The van der Waals surface area contributed by atoms with Gasteiger partial charge >= 0.3 is 0 Å². The van der Waals surface area contributed by atoms with Crippen LogP contribution in [0, 0.1) is 13.8 Å². The van der Waals surface area contributed by atoms with Gasteiger partial charge in [-0.2, -0.15) is 0 Å². The fourth-order valence-electron chi connectivity index (χ4n) is 2.27. The van der Waals surface area contributed by atoms with Gasteiger partial charge in [-0.1, -0.05) is 0 Å². The summed E-state index contributed by atoms with van der Waals surface area (Å²) in [6, 6.07) is 0. The summed E-state index contributed by atoms with van der Waals surface area (Å²) in [5.74, 6) is 0. The maximum absolute atomic E-state index is 5.57. The second-order valence-electron chi connectivity index (χ2n) is 5.85. The van der Waals surface area contributed by atoms with E-state index in [0.29, 0.717) is 38.6 Å².